The Hall–Kier alpha value is -1.17. The van der Waals surface area contributed by atoms with Gasteiger partial charge in [0.05, 0.1) is 15.2 Å². The predicted octanol–water partition coefficient (Wildman–Crippen LogP) is 3.09. The molecule has 0 spiro atoms. The SMILES string of the molecule is Cc1nc2ccc(NC3OC3NC(C)(C)C)cc2s1. The van der Waals surface area contributed by atoms with Gasteiger partial charge >= 0.3 is 0 Å². The van der Waals surface area contributed by atoms with E-state index in [0.717, 1.165) is 16.2 Å². The van der Waals surface area contributed by atoms with E-state index in [-0.39, 0.29) is 18.0 Å². The van der Waals surface area contributed by atoms with Crippen molar-refractivity contribution in [2.45, 2.75) is 45.7 Å². The first-order valence-corrected chi connectivity index (χ1v) is 7.29. The van der Waals surface area contributed by atoms with Gasteiger partial charge in [0.1, 0.15) is 0 Å². The maximum Gasteiger partial charge on any atom is 0.170 e. The van der Waals surface area contributed by atoms with Gasteiger partial charge in [-0.05, 0) is 45.9 Å². The van der Waals surface area contributed by atoms with E-state index in [2.05, 4.69) is 54.6 Å². The Bertz CT molecular complexity index is 602. The molecule has 1 fully saturated rings. The highest BCUT2D eigenvalue weighted by Crippen LogP contribution is 2.28. The topological polar surface area (TPSA) is 49.5 Å². The summed E-state index contributed by atoms with van der Waals surface area (Å²) in [6.45, 7) is 8.44. The Kier molecular flexibility index (Phi) is 3.00. The van der Waals surface area contributed by atoms with Gasteiger partial charge in [0, 0.05) is 11.2 Å². The number of rotatable bonds is 3. The number of hydrogen-bond donors (Lipinski definition) is 2. The number of nitrogens with zero attached hydrogens (tertiary/aromatic N) is 1. The van der Waals surface area contributed by atoms with Crippen LogP contribution in [0.5, 0.6) is 0 Å². The first-order chi connectivity index (χ1) is 8.90. The number of aromatic nitrogens is 1. The van der Waals surface area contributed by atoms with Crippen LogP contribution in [0.2, 0.25) is 0 Å². The van der Waals surface area contributed by atoms with E-state index >= 15 is 0 Å². The van der Waals surface area contributed by atoms with Crippen molar-refractivity contribution in [3.63, 3.8) is 0 Å². The van der Waals surface area contributed by atoms with Crippen LogP contribution in [0.1, 0.15) is 25.8 Å². The van der Waals surface area contributed by atoms with E-state index < -0.39 is 0 Å². The van der Waals surface area contributed by atoms with Crippen molar-refractivity contribution in [1.29, 1.82) is 0 Å². The van der Waals surface area contributed by atoms with Crippen LogP contribution in [-0.2, 0) is 4.74 Å². The Labute approximate surface area is 117 Å². The molecule has 3 rings (SSSR count). The summed E-state index contributed by atoms with van der Waals surface area (Å²) in [5.74, 6) is 0. The van der Waals surface area contributed by atoms with Crippen molar-refractivity contribution in [2.24, 2.45) is 0 Å². The molecule has 2 N–H and O–H groups in total. The normalized spacial score (nSPS) is 22.7. The highest BCUT2D eigenvalue weighted by Gasteiger charge is 2.41. The number of thiazole rings is 1. The summed E-state index contributed by atoms with van der Waals surface area (Å²) in [5.41, 5.74) is 2.22. The summed E-state index contributed by atoms with van der Waals surface area (Å²) in [6, 6.07) is 6.24. The molecule has 4 nitrogen and oxygen atoms in total. The van der Waals surface area contributed by atoms with Gasteiger partial charge in [-0.2, -0.15) is 0 Å². The van der Waals surface area contributed by atoms with Crippen LogP contribution in [0.4, 0.5) is 5.69 Å². The van der Waals surface area contributed by atoms with E-state index in [1.165, 1.54) is 4.70 Å². The van der Waals surface area contributed by atoms with E-state index in [0.29, 0.717) is 0 Å². The zero-order valence-corrected chi connectivity index (χ0v) is 12.5. The molecule has 102 valence electrons. The fourth-order valence-electron chi connectivity index (χ4n) is 2.05. The molecule has 2 atom stereocenters. The van der Waals surface area contributed by atoms with Gasteiger partial charge in [0.25, 0.3) is 0 Å². The second kappa shape index (κ2) is 4.44. The third-order valence-corrected chi connectivity index (χ3v) is 3.80. The smallest absolute Gasteiger partial charge is 0.170 e. The third kappa shape index (κ3) is 3.05. The highest BCUT2D eigenvalue weighted by atomic mass is 32.1. The zero-order valence-electron chi connectivity index (χ0n) is 11.7. The molecule has 0 saturated carbocycles. The monoisotopic (exact) mass is 277 g/mol. The summed E-state index contributed by atoms with van der Waals surface area (Å²) in [4.78, 5) is 4.46. The number of anilines is 1. The van der Waals surface area contributed by atoms with Crippen molar-refractivity contribution in [2.75, 3.05) is 5.32 Å². The molecule has 1 saturated heterocycles. The van der Waals surface area contributed by atoms with Crippen LogP contribution in [0.15, 0.2) is 18.2 Å². The second-order valence-corrected chi connectivity index (χ2v) is 7.17. The lowest BCUT2D eigenvalue weighted by Crippen LogP contribution is -2.39. The van der Waals surface area contributed by atoms with Gasteiger partial charge in [-0.25, -0.2) is 4.98 Å². The van der Waals surface area contributed by atoms with Crippen LogP contribution in [0.25, 0.3) is 10.2 Å². The van der Waals surface area contributed by atoms with Crippen LogP contribution < -0.4 is 10.6 Å². The molecular formula is C14H19N3OS. The van der Waals surface area contributed by atoms with Crippen molar-refractivity contribution in [3.05, 3.63) is 23.2 Å². The lowest BCUT2D eigenvalue weighted by molar-refractivity contribution is 0.300. The molecule has 0 aliphatic carbocycles. The molecule has 1 aromatic carbocycles. The number of nitrogens with one attached hydrogen (secondary N) is 2. The van der Waals surface area contributed by atoms with E-state index in [1.54, 1.807) is 11.3 Å². The minimum Gasteiger partial charge on any atom is -0.357 e. The number of ether oxygens (including phenoxy) is 1. The van der Waals surface area contributed by atoms with E-state index in [1.807, 2.05) is 6.92 Å². The summed E-state index contributed by atoms with van der Waals surface area (Å²) in [5, 5.41) is 7.89. The van der Waals surface area contributed by atoms with Crippen LogP contribution in [-0.4, -0.2) is 23.0 Å². The standard InChI is InChI=1S/C14H19N3OS/c1-8-15-10-6-5-9(7-11(10)19-8)16-12-13(18-12)17-14(2,3)4/h5-7,12-13,16-17H,1-4H3. The van der Waals surface area contributed by atoms with Gasteiger partial charge in [-0.1, -0.05) is 0 Å². The Morgan fingerprint density at radius 1 is 1.26 bits per heavy atom. The quantitative estimate of drug-likeness (QED) is 0.847. The minimum absolute atomic E-state index is 0.0608. The first-order valence-electron chi connectivity index (χ1n) is 6.48. The molecule has 19 heavy (non-hydrogen) atoms. The molecule has 0 amide bonds. The number of fused-ring (bicyclic) bond motifs is 1. The van der Waals surface area contributed by atoms with Gasteiger partial charge in [0.15, 0.2) is 12.5 Å². The first kappa shape index (κ1) is 12.8. The number of aryl methyl sites for hydroxylation is 1. The summed E-state index contributed by atoms with van der Waals surface area (Å²) in [7, 11) is 0. The molecule has 5 heteroatoms. The summed E-state index contributed by atoms with van der Waals surface area (Å²) < 4.78 is 6.79. The molecule has 0 bridgehead atoms. The maximum absolute atomic E-state index is 5.58. The van der Waals surface area contributed by atoms with Crippen molar-refractivity contribution >= 4 is 27.2 Å². The summed E-state index contributed by atoms with van der Waals surface area (Å²) in [6.07, 6.45) is 0.157. The third-order valence-electron chi connectivity index (χ3n) is 2.87. The number of benzene rings is 1. The average Bonchev–Trinajstić information content (AvgIpc) is 2.85. The Morgan fingerprint density at radius 3 is 2.79 bits per heavy atom. The Morgan fingerprint density at radius 2 is 2.05 bits per heavy atom. The van der Waals surface area contributed by atoms with Crippen molar-refractivity contribution in [3.8, 4) is 0 Å². The maximum atomic E-state index is 5.58. The molecule has 1 aliphatic heterocycles. The lowest BCUT2D eigenvalue weighted by Gasteiger charge is -2.18. The number of epoxide rings is 1. The fourth-order valence-corrected chi connectivity index (χ4v) is 2.92. The number of hydrogen-bond acceptors (Lipinski definition) is 5. The van der Waals surface area contributed by atoms with Gasteiger partial charge in [-0.15, -0.1) is 11.3 Å². The molecular weight excluding hydrogens is 258 g/mol. The van der Waals surface area contributed by atoms with Gasteiger partial charge < -0.3 is 10.1 Å². The molecule has 2 aromatic rings. The summed E-state index contributed by atoms with van der Waals surface area (Å²) >= 11 is 1.72. The molecule has 0 radical (unpaired) electrons. The van der Waals surface area contributed by atoms with Crippen molar-refractivity contribution in [1.82, 2.24) is 10.3 Å². The predicted molar refractivity (Wildman–Crippen MR) is 79.5 cm³/mol. The average molecular weight is 277 g/mol. The molecule has 1 aromatic heterocycles. The van der Waals surface area contributed by atoms with Crippen molar-refractivity contribution < 1.29 is 4.74 Å². The largest absolute Gasteiger partial charge is 0.357 e. The van der Waals surface area contributed by atoms with Crippen LogP contribution in [0, 0.1) is 6.92 Å². The molecule has 2 unspecified atom stereocenters. The van der Waals surface area contributed by atoms with Gasteiger partial charge in [-0.3, -0.25) is 5.32 Å². The Balaban J connectivity index is 1.66. The highest BCUT2D eigenvalue weighted by molar-refractivity contribution is 7.18. The van der Waals surface area contributed by atoms with Crippen LogP contribution >= 0.6 is 11.3 Å². The second-order valence-electron chi connectivity index (χ2n) is 5.93. The fraction of sp³-hybridized carbons (Fsp3) is 0.500. The van der Waals surface area contributed by atoms with Crippen LogP contribution in [0.3, 0.4) is 0 Å². The zero-order chi connectivity index (χ0) is 13.6. The minimum atomic E-state index is 0.0608. The lowest BCUT2D eigenvalue weighted by atomic mass is 10.1. The van der Waals surface area contributed by atoms with E-state index in [4.69, 9.17) is 4.74 Å². The van der Waals surface area contributed by atoms with E-state index in [9.17, 15) is 0 Å². The van der Waals surface area contributed by atoms with Gasteiger partial charge in [0.2, 0.25) is 0 Å². The molecule has 1 aliphatic rings. The molecule has 2 heterocycles.